The number of ketones is 1. The molecule has 4 rings (SSSR count). The normalized spacial score (nSPS) is 10.9. The van der Waals surface area contributed by atoms with Crippen molar-refractivity contribution in [3.8, 4) is 17.1 Å². The number of methoxy groups -OCH3 is 1. The van der Waals surface area contributed by atoms with Crippen molar-refractivity contribution in [3.05, 3.63) is 66.2 Å². The molecule has 36 heavy (non-hydrogen) atoms. The monoisotopic (exact) mass is 486 g/mol. The highest BCUT2D eigenvalue weighted by Gasteiger charge is 2.18. The quantitative estimate of drug-likeness (QED) is 0.315. The number of nitrogens with one attached hydrogen (secondary N) is 2. The summed E-state index contributed by atoms with van der Waals surface area (Å²) in [5.41, 5.74) is 3.62. The second-order valence-corrected chi connectivity index (χ2v) is 8.56. The molecule has 0 saturated heterocycles. The first-order valence-electron chi connectivity index (χ1n) is 11.6. The number of benzene rings is 1. The Bertz CT molecular complexity index is 1350. The molecule has 3 aromatic heterocycles. The van der Waals surface area contributed by atoms with Crippen LogP contribution in [0.4, 0.5) is 23.0 Å². The van der Waals surface area contributed by atoms with Crippen molar-refractivity contribution in [1.82, 2.24) is 29.6 Å². The van der Waals surface area contributed by atoms with Crippen molar-refractivity contribution < 1.29 is 9.53 Å². The lowest BCUT2D eigenvalue weighted by atomic mass is 10.1. The SMILES string of the molecule is CCC(=O)c1cnc(Nc2ccc(CN(C)C)cn2)cc1Nc1cccc(-c2ncn(C)n2)c1OC. The number of carbonyl (C=O) groups excluding carboxylic acids is 1. The van der Waals surface area contributed by atoms with Gasteiger partial charge in [-0.25, -0.2) is 15.0 Å². The van der Waals surface area contributed by atoms with E-state index in [9.17, 15) is 4.79 Å². The van der Waals surface area contributed by atoms with Crippen LogP contribution in [0.3, 0.4) is 0 Å². The predicted molar refractivity (Wildman–Crippen MR) is 140 cm³/mol. The third-order valence-electron chi connectivity index (χ3n) is 5.43. The Morgan fingerprint density at radius 1 is 1.03 bits per heavy atom. The van der Waals surface area contributed by atoms with Crippen molar-refractivity contribution >= 4 is 28.8 Å². The minimum atomic E-state index is -0.0239. The van der Waals surface area contributed by atoms with Gasteiger partial charge in [-0.15, -0.1) is 0 Å². The third kappa shape index (κ3) is 5.66. The minimum absolute atomic E-state index is 0.0239. The van der Waals surface area contributed by atoms with Crippen LogP contribution in [0.2, 0.25) is 0 Å². The summed E-state index contributed by atoms with van der Waals surface area (Å²) >= 11 is 0. The number of aryl methyl sites for hydroxylation is 1. The number of pyridine rings is 2. The number of aromatic nitrogens is 5. The highest BCUT2D eigenvalue weighted by Crippen LogP contribution is 2.37. The van der Waals surface area contributed by atoms with E-state index in [1.54, 1.807) is 30.4 Å². The summed E-state index contributed by atoms with van der Waals surface area (Å²) in [5, 5.41) is 11.0. The van der Waals surface area contributed by atoms with Crippen molar-refractivity contribution in [2.45, 2.75) is 19.9 Å². The highest BCUT2D eigenvalue weighted by molar-refractivity contribution is 6.02. The van der Waals surface area contributed by atoms with E-state index in [4.69, 9.17) is 4.74 Å². The Balaban J connectivity index is 1.66. The first-order valence-corrected chi connectivity index (χ1v) is 11.6. The number of carbonyl (C=O) groups is 1. The van der Waals surface area contributed by atoms with E-state index in [2.05, 4.69) is 35.6 Å². The van der Waals surface area contributed by atoms with Gasteiger partial charge in [0.25, 0.3) is 0 Å². The fourth-order valence-electron chi connectivity index (χ4n) is 3.77. The van der Waals surface area contributed by atoms with Crippen LogP contribution in [0.1, 0.15) is 29.3 Å². The molecule has 186 valence electrons. The number of hydrogen-bond acceptors (Lipinski definition) is 9. The minimum Gasteiger partial charge on any atom is -0.494 e. The van der Waals surface area contributed by atoms with Gasteiger partial charge in [0.15, 0.2) is 17.4 Å². The van der Waals surface area contributed by atoms with Gasteiger partial charge >= 0.3 is 0 Å². The Morgan fingerprint density at radius 2 is 1.83 bits per heavy atom. The van der Waals surface area contributed by atoms with Crippen LogP contribution in [0.5, 0.6) is 5.75 Å². The maximum atomic E-state index is 12.7. The molecule has 0 saturated carbocycles. The van der Waals surface area contributed by atoms with Gasteiger partial charge in [-0.3, -0.25) is 9.48 Å². The lowest BCUT2D eigenvalue weighted by Crippen LogP contribution is -2.11. The first kappa shape index (κ1) is 24.8. The fraction of sp³-hybridized carbons (Fsp3) is 0.269. The number of rotatable bonds is 10. The molecule has 0 unspecified atom stereocenters. The molecule has 10 heteroatoms. The second-order valence-electron chi connectivity index (χ2n) is 8.56. The Morgan fingerprint density at radius 3 is 2.47 bits per heavy atom. The third-order valence-corrected chi connectivity index (χ3v) is 5.43. The van der Waals surface area contributed by atoms with E-state index in [1.165, 1.54) is 0 Å². The van der Waals surface area contributed by atoms with Crippen molar-refractivity contribution in [2.24, 2.45) is 7.05 Å². The van der Waals surface area contributed by atoms with Crippen molar-refractivity contribution in [1.29, 1.82) is 0 Å². The summed E-state index contributed by atoms with van der Waals surface area (Å²) < 4.78 is 7.36. The first-order chi connectivity index (χ1) is 17.4. The fourth-order valence-corrected chi connectivity index (χ4v) is 3.77. The van der Waals surface area contributed by atoms with E-state index in [-0.39, 0.29) is 5.78 Å². The molecule has 2 N–H and O–H groups in total. The summed E-state index contributed by atoms with van der Waals surface area (Å²) in [4.78, 5) is 28.1. The van der Waals surface area contributed by atoms with Gasteiger partial charge in [0.1, 0.15) is 18.0 Å². The van der Waals surface area contributed by atoms with Crippen molar-refractivity contribution in [3.63, 3.8) is 0 Å². The van der Waals surface area contributed by atoms with Crippen LogP contribution in [-0.2, 0) is 13.6 Å². The van der Waals surface area contributed by atoms with Crippen LogP contribution in [0.15, 0.2) is 55.1 Å². The van der Waals surface area contributed by atoms with Crippen LogP contribution < -0.4 is 15.4 Å². The standard InChI is InChI=1S/C26H30N8O2/c1-6-22(35)19-14-28-24(31-23-11-10-17(13-27-23)15-33(2)3)12-21(19)30-20-9-7-8-18(25(20)36-5)26-29-16-34(4)32-26/h7-14,16H,6,15H2,1-5H3,(H2,27,28,30,31). The molecule has 0 radical (unpaired) electrons. The molecule has 1 aromatic carbocycles. The van der Waals surface area contributed by atoms with Gasteiger partial charge in [-0.2, -0.15) is 5.10 Å². The van der Waals surface area contributed by atoms with Gasteiger partial charge in [-0.05, 0) is 37.9 Å². The summed E-state index contributed by atoms with van der Waals surface area (Å²) in [6.07, 6.45) is 5.40. The molecule has 3 heterocycles. The molecule has 0 amide bonds. The van der Waals surface area contributed by atoms with Crippen molar-refractivity contribution in [2.75, 3.05) is 31.8 Å². The lowest BCUT2D eigenvalue weighted by molar-refractivity contribution is 0.0988. The number of hydrogen-bond donors (Lipinski definition) is 2. The zero-order valence-corrected chi connectivity index (χ0v) is 21.1. The largest absolute Gasteiger partial charge is 0.494 e. The highest BCUT2D eigenvalue weighted by atomic mass is 16.5. The zero-order chi connectivity index (χ0) is 25.7. The Kier molecular flexibility index (Phi) is 7.55. The van der Waals surface area contributed by atoms with Gasteiger partial charge in [0, 0.05) is 38.5 Å². The van der Waals surface area contributed by atoms with E-state index >= 15 is 0 Å². The molecular formula is C26H30N8O2. The smallest absolute Gasteiger partial charge is 0.184 e. The van der Waals surface area contributed by atoms with Crippen LogP contribution in [0, 0.1) is 0 Å². The van der Waals surface area contributed by atoms with E-state index in [0.717, 1.165) is 17.7 Å². The van der Waals surface area contributed by atoms with E-state index < -0.39 is 0 Å². The average Bonchev–Trinajstić information content (AvgIpc) is 3.30. The number of nitrogens with zero attached hydrogens (tertiary/aromatic N) is 6. The lowest BCUT2D eigenvalue weighted by Gasteiger charge is -2.17. The van der Waals surface area contributed by atoms with E-state index in [0.29, 0.717) is 46.6 Å². The average molecular weight is 487 g/mol. The maximum Gasteiger partial charge on any atom is 0.184 e. The molecule has 0 aliphatic rings. The molecule has 0 aliphatic heterocycles. The summed E-state index contributed by atoms with van der Waals surface area (Å²) in [7, 11) is 7.43. The predicted octanol–water partition coefficient (Wildman–Crippen LogP) is 4.42. The number of para-hydroxylation sites is 1. The molecule has 4 aromatic rings. The van der Waals surface area contributed by atoms with Gasteiger partial charge in [0.2, 0.25) is 0 Å². The van der Waals surface area contributed by atoms with Gasteiger partial charge in [-0.1, -0.05) is 19.1 Å². The second kappa shape index (κ2) is 11.0. The molecule has 0 fully saturated rings. The summed E-state index contributed by atoms with van der Waals surface area (Å²) in [6.45, 7) is 2.63. The molecule has 0 aliphatic carbocycles. The summed E-state index contributed by atoms with van der Waals surface area (Å²) in [5.74, 6) is 2.31. The van der Waals surface area contributed by atoms with Gasteiger partial charge < -0.3 is 20.3 Å². The van der Waals surface area contributed by atoms with Crippen LogP contribution in [0.25, 0.3) is 11.4 Å². The van der Waals surface area contributed by atoms with Crippen LogP contribution in [-0.4, -0.2) is 56.6 Å². The molecule has 0 bridgehead atoms. The molecule has 0 spiro atoms. The van der Waals surface area contributed by atoms with Crippen LogP contribution >= 0.6 is 0 Å². The Labute approximate surface area is 210 Å². The van der Waals surface area contributed by atoms with Gasteiger partial charge in [0.05, 0.1) is 29.6 Å². The summed E-state index contributed by atoms with van der Waals surface area (Å²) in [6, 6.07) is 11.4. The number of ether oxygens (including phenoxy) is 1. The Hall–Kier alpha value is -4.31. The number of anilines is 4. The molecule has 0 atom stereocenters. The molecular weight excluding hydrogens is 456 g/mol. The van der Waals surface area contributed by atoms with E-state index in [1.807, 2.05) is 64.6 Å². The maximum absolute atomic E-state index is 12.7. The number of Topliss-reactive ketones (excluding diaryl/α,β-unsaturated/α-hetero) is 1. The topological polar surface area (TPSA) is 110 Å². The zero-order valence-electron chi connectivity index (χ0n) is 21.1. The molecule has 10 nitrogen and oxygen atoms in total.